The third kappa shape index (κ3) is 4.01. The van der Waals surface area contributed by atoms with E-state index in [-0.39, 0.29) is 11.9 Å². The Hall–Kier alpha value is -0.970. The first-order valence-electron chi connectivity index (χ1n) is 7.37. The standard InChI is InChI=1S/C16H25FN2O/c1-18-16(14-5-3-4-6-15(14)17)11-19-9-7-13(8-10-19)12-20-2/h3-6,13,16,18H,7-12H2,1-2H3. The SMILES string of the molecule is CNC(CN1CCC(COC)CC1)c1ccccc1F. The van der Waals surface area contributed by atoms with Crippen LogP contribution in [0.25, 0.3) is 0 Å². The van der Waals surface area contributed by atoms with Crippen LogP contribution in [0.4, 0.5) is 4.39 Å². The van der Waals surface area contributed by atoms with Gasteiger partial charge in [0.2, 0.25) is 0 Å². The van der Waals surface area contributed by atoms with E-state index in [1.54, 1.807) is 13.2 Å². The molecule has 0 amide bonds. The molecule has 1 aromatic rings. The molecule has 1 heterocycles. The van der Waals surface area contributed by atoms with E-state index < -0.39 is 0 Å². The summed E-state index contributed by atoms with van der Waals surface area (Å²) < 4.78 is 19.1. The first-order chi connectivity index (χ1) is 9.74. The fourth-order valence-corrected chi connectivity index (χ4v) is 2.93. The molecule has 0 aromatic heterocycles. The molecule has 4 heteroatoms. The summed E-state index contributed by atoms with van der Waals surface area (Å²) in [6.07, 6.45) is 2.34. The quantitative estimate of drug-likeness (QED) is 0.866. The number of likely N-dealkylation sites (tertiary alicyclic amines) is 1. The third-order valence-electron chi connectivity index (χ3n) is 4.18. The van der Waals surface area contributed by atoms with Crippen LogP contribution < -0.4 is 5.32 Å². The van der Waals surface area contributed by atoms with Crippen LogP contribution in [0.5, 0.6) is 0 Å². The van der Waals surface area contributed by atoms with Crippen molar-refractivity contribution in [2.24, 2.45) is 5.92 Å². The van der Waals surface area contributed by atoms with Gasteiger partial charge < -0.3 is 15.0 Å². The van der Waals surface area contributed by atoms with Gasteiger partial charge in [-0.15, -0.1) is 0 Å². The summed E-state index contributed by atoms with van der Waals surface area (Å²) in [6.45, 7) is 3.86. The van der Waals surface area contributed by atoms with Gasteiger partial charge in [0.15, 0.2) is 0 Å². The Balaban J connectivity index is 1.90. The molecule has 20 heavy (non-hydrogen) atoms. The van der Waals surface area contributed by atoms with Crippen LogP contribution in [-0.2, 0) is 4.74 Å². The minimum absolute atomic E-state index is 0.0511. The number of halogens is 1. The molecular formula is C16H25FN2O. The van der Waals surface area contributed by atoms with Crippen LogP contribution in [0.3, 0.4) is 0 Å². The number of nitrogens with one attached hydrogen (secondary N) is 1. The zero-order valence-electron chi connectivity index (χ0n) is 12.4. The highest BCUT2D eigenvalue weighted by Gasteiger charge is 2.22. The Morgan fingerprint density at radius 2 is 2.05 bits per heavy atom. The van der Waals surface area contributed by atoms with E-state index in [0.717, 1.165) is 31.8 Å². The number of piperidine rings is 1. The second-order valence-corrected chi connectivity index (χ2v) is 5.56. The van der Waals surface area contributed by atoms with Gasteiger partial charge in [-0.05, 0) is 45.0 Å². The summed E-state index contributed by atoms with van der Waals surface area (Å²) in [7, 11) is 3.66. The normalized spacial score (nSPS) is 19.1. The predicted molar refractivity (Wildman–Crippen MR) is 79.2 cm³/mol. The van der Waals surface area contributed by atoms with Crippen LogP contribution in [0.2, 0.25) is 0 Å². The van der Waals surface area contributed by atoms with Crippen molar-refractivity contribution < 1.29 is 9.13 Å². The molecule has 0 bridgehead atoms. The topological polar surface area (TPSA) is 24.5 Å². The Morgan fingerprint density at radius 1 is 1.35 bits per heavy atom. The van der Waals surface area contributed by atoms with Gasteiger partial charge in [0.05, 0.1) is 0 Å². The molecule has 1 fully saturated rings. The summed E-state index contributed by atoms with van der Waals surface area (Å²) in [5.41, 5.74) is 0.758. The van der Waals surface area contributed by atoms with E-state index in [1.165, 1.54) is 18.9 Å². The molecule has 0 radical (unpaired) electrons. The predicted octanol–water partition coefficient (Wildman–Crippen LogP) is 2.44. The molecule has 0 saturated carbocycles. The largest absolute Gasteiger partial charge is 0.384 e. The van der Waals surface area contributed by atoms with Gasteiger partial charge in [-0.2, -0.15) is 0 Å². The maximum Gasteiger partial charge on any atom is 0.128 e. The number of hydrogen-bond acceptors (Lipinski definition) is 3. The van der Waals surface area contributed by atoms with Crippen LogP contribution in [0.15, 0.2) is 24.3 Å². The number of rotatable bonds is 6. The molecule has 112 valence electrons. The van der Waals surface area contributed by atoms with Crippen molar-refractivity contribution in [3.05, 3.63) is 35.6 Å². The first kappa shape index (κ1) is 15.4. The van der Waals surface area contributed by atoms with Crippen molar-refractivity contribution in [1.82, 2.24) is 10.2 Å². The van der Waals surface area contributed by atoms with E-state index in [0.29, 0.717) is 5.92 Å². The van der Waals surface area contributed by atoms with E-state index >= 15 is 0 Å². The molecule has 1 unspecified atom stereocenters. The van der Waals surface area contributed by atoms with Crippen molar-refractivity contribution in [2.75, 3.05) is 40.4 Å². The van der Waals surface area contributed by atoms with Crippen molar-refractivity contribution in [2.45, 2.75) is 18.9 Å². The van der Waals surface area contributed by atoms with Gasteiger partial charge in [0.25, 0.3) is 0 Å². The lowest BCUT2D eigenvalue weighted by Crippen LogP contribution is -2.40. The minimum atomic E-state index is -0.124. The van der Waals surface area contributed by atoms with Gasteiger partial charge >= 0.3 is 0 Å². The van der Waals surface area contributed by atoms with Crippen molar-refractivity contribution in [1.29, 1.82) is 0 Å². The van der Waals surface area contributed by atoms with Gasteiger partial charge in [-0.1, -0.05) is 18.2 Å². The van der Waals surface area contributed by atoms with Gasteiger partial charge in [0.1, 0.15) is 5.82 Å². The highest BCUT2D eigenvalue weighted by Crippen LogP contribution is 2.22. The number of nitrogens with zero attached hydrogens (tertiary/aromatic N) is 1. The zero-order valence-corrected chi connectivity index (χ0v) is 12.4. The van der Waals surface area contributed by atoms with Gasteiger partial charge in [-0.3, -0.25) is 0 Å². The molecule has 1 N–H and O–H groups in total. The lowest BCUT2D eigenvalue weighted by molar-refractivity contribution is 0.0954. The molecule has 1 aliphatic rings. The molecule has 1 aliphatic heterocycles. The first-order valence-corrected chi connectivity index (χ1v) is 7.37. The van der Waals surface area contributed by atoms with Crippen LogP contribution in [0, 0.1) is 11.7 Å². The molecule has 3 nitrogen and oxygen atoms in total. The smallest absolute Gasteiger partial charge is 0.128 e. The third-order valence-corrected chi connectivity index (χ3v) is 4.18. The fourth-order valence-electron chi connectivity index (χ4n) is 2.93. The van der Waals surface area contributed by atoms with Crippen molar-refractivity contribution in [3.8, 4) is 0 Å². The number of benzene rings is 1. The Morgan fingerprint density at radius 3 is 2.65 bits per heavy atom. The summed E-state index contributed by atoms with van der Waals surface area (Å²) >= 11 is 0. The van der Waals surface area contributed by atoms with Crippen molar-refractivity contribution in [3.63, 3.8) is 0 Å². The van der Waals surface area contributed by atoms with Crippen LogP contribution in [0.1, 0.15) is 24.4 Å². The van der Waals surface area contributed by atoms with Crippen LogP contribution >= 0.6 is 0 Å². The van der Waals surface area contributed by atoms with E-state index in [9.17, 15) is 4.39 Å². The molecule has 0 aliphatic carbocycles. The summed E-state index contributed by atoms with van der Waals surface area (Å²) in [6, 6.07) is 7.09. The minimum Gasteiger partial charge on any atom is -0.384 e. The second-order valence-electron chi connectivity index (χ2n) is 5.56. The van der Waals surface area contributed by atoms with E-state index in [1.807, 2.05) is 19.2 Å². The highest BCUT2D eigenvalue weighted by molar-refractivity contribution is 5.21. The Kier molecular flexibility index (Phi) is 5.95. The van der Waals surface area contributed by atoms with Crippen molar-refractivity contribution >= 4 is 0 Å². The molecular weight excluding hydrogens is 255 g/mol. The summed E-state index contributed by atoms with van der Waals surface area (Å²) in [5.74, 6) is 0.555. The van der Waals surface area contributed by atoms with Crippen LogP contribution in [-0.4, -0.2) is 45.3 Å². The monoisotopic (exact) mass is 280 g/mol. The summed E-state index contributed by atoms with van der Waals surface area (Å²) in [4.78, 5) is 2.42. The molecule has 1 aromatic carbocycles. The number of likely N-dealkylation sites (N-methyl/N-ethyl adjacent to an activating group) is 1. The molecule has 0 spiro atoms. The van der Waals surface area contributed by atoms with E-state index in [2.05, 4.69) is 10.2 Å². The molecule has 1 saturated heterocycles. The highest BCUT2D eigenvalue weighted by atomic mass is 19.1. The lowest BCUT2D eigenvalue weighted by atomic mass is 9.96. The molecule has 2 rings (SSSR count). The summed E-state index contributed by atoms with van der Waals surface area (Å²) in [5, 5.41) is 3.24. The Bertz CT molecular complexity index is 405. The zero-order chi connectivity index (χ0) is 14.4. The number of ether oxygens (including phenoxy) is 1. The average Bonchev–Trinajstić information content (AvgIpc) is 2.48. The molecule has 1 atom stereocenters. The van der Waals surface area contributed by atoms with Gasteiger partial charge in [-0.25, -0.2) is 4.39 Å². The number of methoxy groups -OCH3 is 1. The number of hydrogen-bond donors (Lipinski definition) is 1. The van der Waals surface area contributed by atoms with Gasteiger partial charge in [0, 0.05) is 31.9 Å². The maximum absolute atomic E-state index is 13.9. The Labute approximate surface area is 121 Å². The lowest BCUT2D eigenvalue weighted by Gasteiger charge is -2.34. The average molecular weight is 280 g/mol. The second kappa shape index (κ2) is 7.72. The fraction of sp³-hybridized carbons (Fsp3) is 0.625. The van der Waals surface area contributed by atoms with E-state index in [4.69, 9.17) is 4.74 Å². The maximum atomic E-state index is 13.9.